The van der Waals surface area contributed by atoms with Crippen molar-refractivity contribution in [3.8, 4) is 0 Å². The quantitative estimate of drug-likeness (QED) is 0.114. The molecular formula is C11H21O7P. The SMILES string of the molecule is C=CC(=O)OC(CCCCC)OOCCP(=O)(O)O. The van der Waals surface area contributed by atoms with Crippen LogP contribution >= 0.6 is 7.60 Å². The van der Waals surface area contributed by atoms with Gasteiger partial charge in [0.25, 0.3) is 0 Å². The van der Waals surface area contributed by atoms with Gasteiger partial charge in [0.15, 0.2) is 0 Å². The zero-order chi connectivity index (χ0) is 14.7. The van der Waals surface area contributed by atoms with E-state index in [9.17, 15) is 9.36 Å². The summed E-state index contributed by atoms with van der Waals surface area (Å²) in [7, 11) is -4.11. The molecule has 0 rings (SSSR count). The second-order valence-corrected chi connectivity index (χ2v) is 5.65. The Balaban J connectivity index is 3.99. The van der Waals surface area contributed by atoms with E-state index in [0.29, 0.717) is 6.42 Å². The van der Waals surface area contributed by atoms with E-state index in [2.05, 4.69) is 11.5 Å². The average molecular weight is 296 g/mol. The fraction of sp³-hybridized carbons (Fsp3) is 0.727. The van der Waals surface area contributed by atoms with Crippen LogP contribution in [0.4, 0.5) is 0 Å². The average Bonchev–Trinajstić information content (AvgIpc) is 2.33. The standard InChI is InChI=1S/C11H21O7P/c1-3-5-6-7-11(17-10(12)4-2)18-16-8-9-19(13,14)15/h4,11H,2-3,5-9H2,1H3,(H2,13,14,15). The Morgan fingerprint density at radius 3 is 2.63 bits per heavy atom. The molecule has 19 heavy (non-hydrogen) atoms. The number of carbonyl (C=O) groups excluding carboxylic acids is 1. The van der Waals surface area contributed by atoms with Crippen molar-refractivity contribution in [3.63, 3.8) is 0 Å². The van der Waals surface area contributed by atoms with Crippen molar-refractivity contribution < 1.29 is 33.7 Å². The van der Waals surface area contributed by atoms with Gasteiger partial charge in [-0.2, -0.15) is 4.89 Å². The summed E-state index contributed by atoms with van der Waals surface area (Å²) in [6.07, 6.45) is 2.84. The fourth-order valence-electron chi connectivity index (χ4n) is 1.15. The molecule has 0 aromatic carbocycles. The minimum atomic E-state index is -4.11. The first-order valence-corrected chi connectivity index (χ1v) is 7.84. The highest BCUT2D eigenvalue weighted by Gasteiger charge is 2.16. The van der Waals surface area contributed by atoms with Crippen LogP contribution in [0.1, 0.15) is 32.6 Å². The van der Waals surface area contributed by atoms with E-state index in [1.807, 2.05) is 6.92 Å². The molecule has 0 aliphatic carbocycles. The second-order valence-electron chi connectivity index (χ2n) is 3.87. The first-order chi connectivity index (χ1) is 8.89. The molecule has 0 spiro atoms. The first-order valence-electron chi connectivity index (χ1n) is 6.05. The highest BCUT2D eigenvalue weighted by molar-refractivity contribution is 7.51. The van der Waals surface area contributed by atoms with Crippen LogP contribution < -0.4 is 0 Å². The number of carbonyl (C=O) groups is 1. The summed E-state index contributed by atoms with van der Waals surface area (Å²) in [5, 5.41) is 0. The van der Waals surface area contributed by atoms with Gasteiger partial charge in [0.2, 0.25) is 6.29 Å². The maximum atomic E-state index is 11.0. The molecule has 0 aliphatic rings. The number of esters is 1. The molecule has 112 valence electrons. The van der Waals surface area contributed by atoms with E-state index in [-0.39, 0.29) is 6.61 Å². The molecule has 1 unspecified atom stereocenters. The summed E-state index contributed by atoms with van der Waals surface area (Å²) in [6.45, 7) is 5.02. The molecule has 2 N–H and O–H groups in total. The molecule has 0 aromatic heterocycles. The van der Waals surface area contributed by atoms with Crippen molar-refractivity contribution in [1.82, 2.24) is 0 Å². The van der Waals surface area contributed by atoms with E-state index >= 15 is 0 Å². The van der Waals surface area contributed by atoms with Crippen molar-refractivity contribution in [2.75, 3.05) is 12.8 Å². The van der Waals surface area contributed by atoms with Crippen molar-refractivity contribution in [2.24, 2.45) is 0 Å². The van der Waals surface area contributed by atoms with Crippen molar-refractivity contribution in [3.05, 3.63) is 12.7 Å². The van der Waals surface area contributed by atoms with Gasteiger partial charge in [0.1, 0.15) is 0 Å². The predicted octanol–water partition coefficient (Wildman–Crippen LogP) is 1.75. The van der Waals surface area contributed by atoms with Gasteiger partial charge in [-0.15, -0.1) is 0 Å². The third-order valence-electron chi connectivity index (χ3n) is 2.10. The number of ether oxygens (including phenoxy) is 1. The Bertz CT molecular complexity index is 312. The Morgan fingerprint density at radius 2 is 2.11 bits per heavy atom. The Morgan fingerprint density at radius 1 is 1.42 bits per heavy atom. The topological polar surface area (TPSA) is 102 Å². The lowest BCUT2D eigenvalue weighted by Crippen LogP contribution is -2.21. The Hall–Kier alpha value is -0.720. The van der Waals surface area contributed by atoms with E-state index < -0.39 is 26.0 Å². The zero-order valence-electron chi connectivity index (χ0n) is 11.0. The van der Waals surface area contributed by atoms with E-state index in [1.165, 1.54) is 0 Å². The van der Waals surface area contributed by atoms with E-state index in [0.717, 1.165) is 25.3 Å². The maximum absolute atomic E-state index is 11.0. The van der Waals surface area contributed by atoms with Gasteiger partial charge < -0.3 is 14.5 Å². The monoisotopic (exact) mass is 296 g/mol. The zero-order valence-corrected chi connectivity index (χ0v) is 11.9. The highest BCUT2D eigenvalue weighted by Crippen LogP contribution is 2.33. The molecule has 0 heterocycles. The normalized spacial score (nSPS) is 13.0. The van der Waals surface area contributed by atoms with Crippen LogP contribution in [0.5, 0.6) is 0 Å². The number of hydrogen-bond acceptors (Lipinski definition) is 5. The third kappa shape index (κ3) is 12.1. The van der Waals surface area contributed by atoms with Gasteiger partial charge >= 0.3 is 13.6 Å². The molecule has 0 saturated heterocycles. The van der Waals surface area contributed by atoms with Crippen LogP contribution in [0.2, 0.25) is 0 Å². The molecular weight excluding hydrogens is 275 g/mol. The van der Waals surface area contributed by atoms with Gasteiger partial charge in [-0.25, -0.2) is 9.68 Å². The largest absolute Gasteiger partial charge is 0.430 e. The number of unbranched alkanes of at least 4 members (excludes halogenated alkanes) is 2. The van der Waals surface area contributed by atoms with Gasteiger partial charge in [-0.1, -0.05) is 26.3 Å². The smallest absolute Gasteiger partial charge is 0.332 e. The van der Waals surface area contributed by atoms with Crippen LogP contribution in [0, 0.1) is 0 Å². The summed E-state index contributed by atoms with van der Waals surface area (Å²) >= 11 is 0. The van der Waals surface area contributed by atoms with Gasteiger partial charge in [-0.3, -0.25) is 4.57 Å². The van der Waals surface area contributed by atoms with Crippen LogP contribution in [-0.4, -0.2) is 34.8 Å². The van der Waals surface area contributed by atoms with Crippen LogP contribution in [-0.2, 0) is 23.9 Å². The number of hydrogen-bond donors (Lipinski definition) is 2. The second kappa shape index (κ2) is 10.1. The molecule has 0 amide bonds. The predicted molar refractivity (Wildman–Crippen MR) is 68.2 cm³/mol. The van der Waals surface area contributed by atoms with Crippen LogP contribution in [0.3, 0.4) is 0 Å². The maximum Gasteiger partial charge on any atom is 0.332 e. The van der Waals surface area contributed by atoms with Crippen molar-refractivity contribution in [1.29, 1.82) is 0 Å². The van der Waals surface area contributed by atoms with Crippen LogP contribution in [0.25, 0.3) is 0 Å². The lowest BCUT2D eigenvalue weighted by atomic mass is 10.2. The number of rotatable bonds is 11. The highest BCUT2D eigenvalue weighted by atomic mass is 31.2. The van der Waals surface area contributed by atoms with E-state index in [4.69, 9.17) is 19.4 Å². The van der Waals surface area contributed by atoms with Crippen molar-refractivity contribution in [2.45, 2.75) is 38.9 Å². The summed E-state index contributed by atoms with van der Waals surface area (Å²) in [6, 6.07) is 0. The summed E-state index contributed by atoms with van der Waals surface area (Å²) in [4.78, 5) is 37.7. The first kappa shape index (κ1) is 18.3. The molecule has 8 heteroatoms. The third-order valence-corrected chi connectivity index (χ3v) is 2.86. The molecule has 0 bridgehead atoms. The fourth-order valence-corrected chi connectivity index (χ4v) is 1.46. The summed E-state index contributed by atoms with van der Waals surface area (Å²) < 4.78 is 15.5. The molecule has 1 atom stereocenters. The van der Waals surface area contributed by atoms with Gasteiger partial charge in [-0.05, 0) is 6.42 Å². The molecule has 0 fully saturated rings. The summed E-state index contributed by atoms with van der Waals surface area (Å²) in [5.74, 6) is -0.639. The lowest BCUT2D eigenvalue weighted by molar-refractivity contribution is -0.368. The molecule has 0 radical (unpaired) electrons. The van der Waals surface area contributed by atoms with Gasteiger partial charge in [0, 0.05) is 12.5 Å². The minimum Gasteiger partial charge on any atom is -0.430 e. The molecule has 0 aromatic rings. The summed E-state index contributed by atoms with van der Waals surface area (Å²) in [5.41, 5.74) is 0. The Labute approximate surface area is 112 Å². The Kier molecular flexibility index (Phi) is 9.73. The lowest BCUT2D eigenvalue weighted by Gasteiger charge is -2.16. The van der Waals surface area contributed by atoms with Gasteiger partial charge in [0.05, 0.1) is 12.8 Å². The van der Waals surface area contributed by atoms with Crippen LogP contribution in [0.15, 0.2) is 12.7 Å². The molecule has 0 aliphatic heterocycles. The molecule has 0 saturated carbocycles. The van der Waals surface area contributed by atoms with Crippen molar-refractivity contribution >= 4 is 13.6 Å². The van der Waals surface area contributed by atoms with E-state index in [1.54, 1.807) is 0 Å². The molecule has 7 nitrogen and oxygen atoms in total. The minimum absolute atomic E-state index is 0.278.